The van der Waals surface area contributed by atoms with Gasteiger partial charge in [-0.15, -0.1) is 0 Å². The summed E-state index contributed by atoms with van der Waals surface area (Å²) in [5.74, 6) is 0. The summed E-state index contributed by atoms with van der Waals surface area (Å²) in [4.78, 5) is 0. The van der Waals surface area contributed by atoms with Crippen molar-refractivity contribution >= 4 is 10.0 Å². The summed E-state index contributed by atoms with van der Waals surface area (Å²) in [6, 6.07) is 0. The summed E-state index contributed by atoms with van der Waals surface area (Å²) in [6.45, 7) is 7.44. The van der Waals surface area contributed by atoms with E-state index < -0.39 is 10.0 Å². The maximum absolute atomic E-state index is 11.3. The lowest BCUT2D eigenvalue weighted by Gasteiger charge is -2.46. The normalized spacial score (nSPS) is 24.1. The molecule has 0 bridgehead atoms. The van der Waals surface area contributed by atoms with Gasteiger partial charge in [-0.3, -0.25) is 0 Å². The fourth-order valence-electron chi connectivity index (χ4n) is 1.97. The van der Waals surface area contributed by atoms with Crippen LogP contribution in [-0.4, -0.2) is 37.6 Å². The van der Waals surface area contributed by atoms with Gasteiger partial charge in [0.1, 0.15) is 0 Å². The van der Waals surface area contributed by atoms with E-state index in [0.717, 1.165) is 12.8 Å². The first-order valence-electron chi connectivity index (χ1n) is 5.30. The Hall–Kier alpha value is -0.130. The van der Waals surface area contributed by atoms with E-state index in [9.17, 15) is 8.42 Å². The fourth-order valence-corrected chi connectivity index (χ4v) is 2.81. The van der Waals surface area contributed by atoms with E-state index in [1.807, 2.05) is 0 Å². The van der Waals surface area contributed by atoms with E-state index in [4.69, 9.17) is 5.73 Å². The molecule has 0 aromatic rings. The van der Waals surface area contributed by atoms with E-state index in [1.54, 1.807) is 0 Å². The van der Waals surface area contributed by atoms with Crippen LogP contribution in [0.2, 0.25) is 0 Å². The molecule has 5 heteroatoms. The molecule has 4 nitrogen and oxygen atoms in total. The standard InChI is InChI=1S/C10H22N2O2S/c1-9(2,3)10(11)5-7-12(8-6-10)15(4,13)14/h5-8,11H2,1-4H3. The Kier molecular flexibility index (Phi) is 3.20. The highest BCUT2D eigenvalue weighted by atomic mass is 32.2. The minimum atomic E-state index is -3.04. The monoisotopic (exact) mass is 234 g/mol. The van der Waals surface area contributed by atoms with Crippen molar-refractivity contribution < 1.29 is 8.42 Å². The van der Waals surface area contributed by atoms with E-state index in [2.05, 4.69) is 20.8 Å². The van der Waals surface area contributed by atoms with Crippen LogP contribution in [0.5, 0.6) is 0 Å². The molecule has 15 heavy (non-hydrogen) atoms. The molecular formula is C10H22N2O2S. The zero-order valence-corrected chi connectivity index (χ0v) is 10.9. The summed E-state index contributed by atoms with van der Waals surface area (Å²) < 4.78 is 24.2. The van der Waals surface area contributed by atoms with Gasteiger partial charge in [-0.1, -0.05) is 20.8 Å². The topological polar surface area (TPSA) is 63.4 Å². The predicted octanol–water partition coefficient (Wildman–Crippen LogP) is 0.785. The molecular weight excluding hydrogens is 212 g/mol. The van der Waals surface area contributed by atoms with Crippen LogP contribution in [0, 0.1) is 5.41 Å². The van der Waals surface area contributed by atoms with Crippen molar-refractivity contribution in [1.82, 2.24) is 4.31 Å². The van der Waals surface area contributed by atoms with Crippen LogP contribution in [0.25, 0.3) is 0 Å². The Labute approximate surface area is 92.9 Å². The predicted molar refractivity (Wildman–Crippen MR) is 62.0 cm³/mol. The number of nitrogens with two attached hydrogens (primary N) is 1. The summed E-state index contributed by atoms with van der Waals surface area (Å²) in [5, 5.41) is 0. The van der Waals surface area contributed by atoms with Crippen LogP contribution in [0.15, 0.2) is 0 Å². The Bertz CT molecular complexity index is 322. The van der Waals surface area contributed by atoms with Gasteiger partial charge in [0.15, 0.2) is 0 Å². The van der Waals surface area contributed by atoms with Crippen LogP contribution >= 0.6 is 0 Å². The molecule has 0 radical (unpaired) electrons. The van der Waals surface area contributed by atoms with Gasteiger partial charge in [-0.05, 0) is 18.3 Å². The minimum Gasteiger partial charge on any atom is -0.325 e. The molecule has 1 saturated heterocycles. The van der Waals surface area contributed by atoms with Crippen LogP contribution in [0.4, 0.5) is 0 Å². The van der Waals surface area contributed by atoms with Crippen molar-refractivity contribution in [3.05, 3.63) is 0 Å². The average Bonchev–Trinajstić information content (AvgIpc) is 2.01. The Morgan fingerprint density at radius 1 is 1.20 bits per heavy atom. The second kappa shape index (κ2) is 3.71. The number of nitrogens with zero attached hydrogens (tertiary/aromatic N) is 1. The third kappa shape index (κ3) is 2.71. The van der Waals surface area contributed by atoms with Crippen LogP contribution in [0.1, 0.15) is 33.6 Å². The van der Waals surface area contributed by atoms with Gasteiger partial charge < -0.3 is 5.73 Å². The highest BCUT2D eigenvalue weighted by Gasteiger charge is 2.42. The second-order valence-electron chi connectivity index (χ2n) is 5.57. The Morgan fingerprint density at radius 3 is 1.87 bits per heavy atom. The summed E-state index contributed by atoms with van der Waals surface area (Å²) in [7, 11) is -3.04. The molecule has 1 heterocycles. The van der Waals surface area contributed by atoms with E-state index in [0.29, 0.717) is 13.1 Å². The molecule has 0 aliphatic carbocycles. The van der Waals surface area contributed by atoms with Gasteiger partial charge in [0.05, 0.1) is 6.26 Å². The van der Waals surface area contributed by atoms with Crippen LogP contribution < -0.4 is 5.73 Å². The van der Waals surface area contributed by atoms with Crippen LogP contribution in [-0.2, 0) is 10.0 Å². The Balaban J connectivity index is 2.72. The van der Waals surface area contributed by atoms with Crippen molar-refractivity contribution in [3.63, 3.8) is 0 Å². The van der Waals surface area contributed by atoms with Gasteiger partial charge in [0.2, 0.25) is 10.0 Å². The zero-order chi connectivity index (χ0) is 11.9. The second-order valence-corrected chi connectivity index (χ2v) is 7.55. The summed E-state index contributed by atoms with van der Waals surface area (Å²) in [5.41, 5.74) is 6.10. The molecule has 0 spiro atoms. The molecule has 0 aromatic carbocycles. The van der Waals surface area contributed by atoms with E-state index in [1.165, 1.54) is 10.6 Å². The first-order valence-corrected chi connectivity index (χ1v) is 7.15. The molecule has 0 aromatic heterocycles. The first-order chi connectivity index (χ1) is 6.56. The van der Waals surface area contributed by atoms with Crippen molar-refractivity contribution in [2.45, 2.75) is 39.2 Å². The van der Waals surface area contributed by atoms with Crippen LogP contribution in [0.3, 0.4) is 0 Å². The molecule has 1 aliphatic heterocycles. The smallest absolute Gasteiger partial charge is 0.211 e. The lowest BCUT2D eigenvalue weighted by atomic mass is 9.69. The van der Waals surface area contributed by atoms with Crippen molar-refractivity contribution in [3.8, 4) is 0 Å². The average molecular weight is 234 g/mol. The maximum Gasteiger partial charge on any atom is 0.211 e. The molecule has 1 fully saturated rings. The molecule has 1 rings (SSSR count). The first kappa shape index (κ1) is 12.9. The highest BCUT2D eigenvalue weighted by molar-refractivity contribution is 7.88. The number of rotatable bonds is 1. The molecule has 90 valence electrons. The molecule has 0 atom stereocenters. The number of piperidine rings is 1. The van der Waals surface area contributed by atoms with Gasteiger partial charge in [0, 0.05) is 18.6 Å². The quantitative estimate of drug-likeness (QED) is 0.729. The number of sulfonamides is 1. The molecule has 0 amide bonds. The van der Waals surface area contributed by atoms with Gasteiger partial charge in [0.25, 0.3) is 0 Å². The van der Waals surface area contributed by atoms with Crippen molar-refractivity contribution in [1.29, 1.82) is 0 Å². The van der Waals surface area contributed by atoms with Gasteiger partial charge in [-0.2, -0.15) is 0 Å². The van der Waals surface area contributed by atoms with E-state index in [-0.39, 0.29) is 11.0 Å². The molecule has 0 saturated carbocycles. The third-order valence-corrected chi connectivity index (χ3v) is 4.88. The van der Waals surface area contributed by atoms with Crippen molar-refractivity contribution in [2.75, 3.05) is 19.3 Å². The fraction of sp³-hybridized carbons (Fsp3) is 1.00. The largest absolute Gasteiger partial charge is 0.325 e. The van der Waals surface area contributed by atoms with Gasteiger partial charge in [-0.25, -0.2) is 12.7 Å². The Morgan fingerprint density at radius 2 is 1.60 bits per heavy atom. The maximum atomic E-state index is 11.3. The zero-order valence-electron chi connectivity index (χ0n) is 10.1. The molecule has 2 N–H and O–H groups in total. The van der Waals surface area contributed by atoms with Gasteiger partial charge >= 0.3 is 0 Å². The number of hydrogen-bond acceptors (Lipinski definition) is 3. The summed E-state index contributed by atoms with van der Waals surface area (Å²) in [6.07, 6.45) is 2.74. The number of hydrogen-bond donors (Lipinski definition) is 1. The third-order valence-electron chi connectivity index (χ3n) is 3.58. The lowest BCUT2D eigenvalue weighted by Crippen LogP contribution is -2.58. The minimum absolute atomic E-state index is 0.0244. The summed E-state index contributed by atoms with van der Waals surface area (Å²) >= 11 is 0. The molecule has 1 aliphatic rings. The van der Waals surface area contributed by atoms with E-state index >= 15 is 0 Å². The SMILES string of the molecule is CC(C)(C)C1(N)CCN(S(C)(=O)=O)CC1. The highest BCUT2D eigenvalue weighted by Crippen LogP contribution is 2.36. The molecule has 0 unspecified atom stereocenters. The van der Waals surface area contributed by atoms with Crippen molar-refractivity contribution in [2.24, 2.45) is 11.1 Å². The lowest BCUT2D eigenvalue weighted by molar-refractivity contribution is 0.114.